The zero-order valence-electron chi connectivity index (χ0n) is 10.9. The smallest absolute Gasteiger partial charge is 0.185 e. The molecule has 106 valence electrons. The van der Waals surface area contributed by atoms with Crippen molar-refractivity contribution in [3.8, 4) is 0 Å². The molecule has 0 spiro atoms. The van der Waals surface area contributed by atoms with Crippen LogP contribution in [0, 0.1) is 5.82 Å². The van der Waals surface area contributed by atoms with Crippen molar-refractivity contribution in [3.63, 3.8) is 0 Å². The van der Waals surface area contributed by atoms with E-state index in [9.17, 15) is 4.39 Å². The van der Waals surface area contributed by atoms with Crippen LogP contribution in [0.2, 0.25) is 5.02 Å². The molecule has 0 amide bonds. The number of fused-ring (bicyclic) bond motifs is 1. The van der Waals surface area contributed by atoms with Crippen LogP contribution in [0.15, 0.2) is 21.8 Å². The molecule has 0 bridgehead atoms. The molecule has 2 heterocycles. The molecule has 0 N–H and O–H groups in total. The van der Waals surface area contributed by atoms with Crippen molar-refractivity contribution in [1.82, 2.24) is 5.16 Å². The number of aromatic nitrogens is 1. The van der Waals surface area contributed by atoms with Crippen LogP contribution < -0.4 is 0 Å². The summed E-state index contributed by atoms with van der Waals surface area (Å²) in [5.74, 6) is 0.130. The minimum Gasteiger partial charge on any atom is -0.389 e. The first-order valence-corrected chi connectivity index (χ1v) is 7.42. The lowest BCUT2D eigenvalue weighted by Crippen LogP contribution is -2.18. The second-order valence-corrected chi connectivity index (χ2v) is 6.65. The first-order valence-electron chi connectivity index (χ1n) is 6.06. The average molecular weight is 315 g/mol. The molecule has 0 atom stereocenters. The lowest BCUT2D eigenvalue weighted by atomic mass is 10.1. The van der Waals surface area contributed by atoms with Crippen LogP contribution in [-0.2, 0) is 10.6 Å². The highest BCUT2D eigenvalue weighted by Gasteiger charge is 2.29. The first-order chi connectivity index (χ1) is 9.44. The van der Waals surface area contributed by atoms with Crippen molar-refractivity contribution in [2.75, 3.05) is 0 Å². The minimum absolute atomic E-state index is 0.228. The summed E-state index contributed by atoms with van der Waals surface area (Å²) >= 11 is 7.42. The van der Waals surface area contributed by atoms with Crippen molar-refractivity contribution >= 4 is 39.4 Å². The Morgan fingerprint density at radius 2 is 2.25 bits per heavy atom. The normalized spacial score (nSPS) is 17.3. The van der Waals surface area contributed by atoms with Crippen molar-refractivity contribution in [2.45, 2.75) is 31.6 Å². The fourth-order valence-corrected chi connectivity index (χ4v) is 3.25. The van der Waals surface area contributed by atoms with Gasteiger partial charge in [0.2, 0.25) is 0 Å². The van der Waals surface area contributed by atoms with Crippen LogP contribution in [-0.4, -0.2) is 15.8 Å². The third-order valence-electron chi connectivity index (χ3n) is 2.91. The number of nitrogens with zero attached hydrogens (tertiary/aromatic N) is 2. The van der Waals surface area contributed by atoms with E-state index in [1.54, 1.807) is 0 Å². The average Bonchev–Trinajstić information content (AvgIpc) is 2.90. The Kier molecular flexibility index (Phi) is 3.38. The molecule has 0 fully saturated rings. The molecule has 20 heavy (non-hydrogen) atoms. The molecule has 0 unspecified atom stereocenters. The van der Waals surface area contributed by atoms with E-state index in [4.69, 9.17) is 21.0 Å². The zero-order chi connectivity index (χ0) is 14.3. The van der Waals surface area contributed by atoms with E-state index in [2.05, 4.69) is 10.3 Å². The Hall–Kier alpha value is -1.27. The number of rotatable bonds is 2. The summed E-state index contributed by atoms with van der Waals surface area (Å²) < 4.78 is 18.6. The molecule has 3 rings (SSSR count). The Balaban J connectivity index is 1.79. The van der Waals surface area contributed by atoms with Gasteiger partial charge in [-0.2, -0.15) is 0 Å². The molecule has 0 radical (unpaired) electrons. The van der Waals surface area contributed by atoms with Crippen molar-refractivity contribution in [1.29, 1.82) is 0 Å². The standard InChI is InChI=1S/C13H12ClFN2O2S/c1-13(2)5-11(17-19-13)20-6-10-8-3-7(15)4-9(14)12(8)18-16-10/h3-4H,5-6H2,1-2H3. The van der Waals surface area contributed by atoms with Gasteiger partial charge in [-0.15, -0.1) is 11.8 Å². The van der Waals surface area contributed by atoms with Gasteiger partial charge in [-0.3, -0.25) is 0 Å². The number of thioether (sulfide) groups is 1. The van der Waals surface area contributed by atoms with Gasteiger partial charge >= 0.3 is 0 Å². The Morgan fingerprint density at radius 1 is 1.45 bits per heavy atom. The van der Waals surface area contributed by atoms with E-state index in [-0.39, 0.29) is 10.6 Å². The van der Waals surface area contributed by atoms with Crippen LogP contribution in [0.4, 0.5) is 4.39 Å². The third kappa shape index (κ3) is 2.62. The highest BCUT2D eigenvalue weighted by Crippen LogP contribution is 2.32. The molecule has 0 aliphatic carbocycles. The maximum absolute atomic E-state index is 13.4. The van der Waals surface area contributed by atoms with E-state index in [1.807, 2.05) is 13.8 Å². The topological polar surface area (TPSA) is 47.6 Å². The van der Waals surface area contributed by atoms with Crippen LogP contribution in [0.5, 0.6) is 0 Å². The molecular weight excluding hydrogens is 303 g/mol. The van der Waals surface area contributed by atoms with Gasteiger partial charge in [-0.05, 0) is 26.0 Å². The van der Waals surface area contributed by atoms with E-state index >= 15 is 0 Å². The second kappa shape index (κ2) is 4.93. The van der Waals surface area contributed by atoms with E-state index in [1.165, 1.54) is 23.9 Å². The molecule has 0 saturated heterocycles. The molecular formula is C13H12ClFN2O2S. The largest absolute Gasteiger partial charge is 0.389 e. The van der Waals surface area contributed by atoms with Gasteiger partial charge in [0.25, 0.3) is 0 Å². The highest BCUT2D eigenvalue weighted by molar-refractivity contribution is 8.13. The van der Waals surface area contributed by atoms with Crippen LogP contribution in [0.25, 0.3) is 11.0 Å². The van der Waals surface area contributed by atoms with Gasteiger partial charge in [0, 0.05) is 12.2 Å². The number of hydrogen-bond donors (Lipinski definition) is 0. The number of benzene rings is 1. The molecule has 4 nitrogen and oxygen atoms in total. The summed E-state index contributed by atoms with van der Waals surface area (Å²) in [7, 11) is 0. The highest BCUT2D eigenvalue weighted by atomic mass is 35.5. The summed E-state index contributed by atoms with van der Waals surface area (Å²) in [6, 6.07) is 2.59. The van der Waals surface area contributed by atoms with E-state index in [0.717, 1.165) is 11.5 Å². The SMILES string of the molecule is CC1(C)CC(SCc2noc3c(Cl)cc(F)cc23)=NO1. The lowest BCUT2D eigenvalue weighted by molar-refractivity contribution is 0.0123. The third-order valence-corrected chi connectivity index (χ3v) is 4.16. The van der Waals surface area contributed by atoms with Gasteiger partial charge in [-0.25, -0.2) is 4.39 Å². The van der Waals surface area contributed by atoms with Crippen molar-refractivity contribution in [2.24, 2.45) is 5.16 Å². The van der Waals surface area contributed by atoms with Gasteiger partial charge < -0.3 is 9.36 Å². The maximum Gasteiger partial charge on any atom is 0.185 e. The number of oxime groups is 1. The van der Waals surface area contributed by atoms with E-state index in [0.29, 0.717) is 22.4 Å². The molecule has 1 aliphatic heterocycles. The fourth-order valence-electron chi connectivity index (χ4n) is 1.95. The van der Waals surface area contributed by atoms with E-state index < -0.39 is 5.82 Å². The summed E-state index contributed by atoms with van der Waals surface area (Å²) in [5, 5.41) is 9.70. The molecule has 1 aliphatic rings. The Labute approximate surface area is 124 Å². The molecule has 1 aromatic heterocycles. The maximum atomic E-state index is 13.4. The number of hydrogen-bond acceptors (Lipinski definition) is 5. The molecule has 0 saturated carbocycles. The predicted octanol–water partition coefficient (Wildman–Crippen LogP) is 4.37. The monoisotopic (exact) mass is 314 g/mol. The van der Waals surface area contributed by atoms with Crippen LogP contribution in [0.1, 0.15) is 26.0 Å². The summed E-state index contributed by atoms with van der Waals surface area (Å²) in [6.45, 7) is 3.95. The van der Waals surface area contributed by atoms with Gasteiger partial charge in [-0.1, -0.05) is 21.9 Å². The predicted molar refractivity (Wildman–Crippen MR) is 77.5 cm³/mol. The van der Waals surface area contributed by atoms with Gasteiger partial charge in [0.1, 0.15) is 22.2 Å². The second-order valence-electron chi connectivity index (χ2n) is 5.20. The molecule has 1 aromatic carbocycles. The summed E-state index contributed by atoms with van der Waals surface area (Å²) in [6.07, 6.45) is 0.753. The molecule has 7 heteroatoms. The first kappa shape index (κ1) is 13.7. The van der Waals surface area contributed by atoms with Crippen molar-refractivity contribution in [3.05, 3.63) is 28.7 Å². The Morgan fingerprint density at radius 3 is 2.95 bits per heavy atom. The van der Waals surface area contributed by atoms with Gasteiger partial charge in [0.15, 0.2) is 5.58 Å². The van der Waals surface area contributed by atoms with Gasteiger partial charge in [0.05, 0.1) is 10.4 Å². The Bertz CT molecular complexity index is 699. The summed E-state index contributed by atoms with van der Waals surface area (Å²) in [5.41, 5.74) is 0.802. The molecule has 2 aromatic rings. The quantitative estimate of drug-likeness (QED) is 0.826. The minimum atomic E-state index is -0.403. The summed E-state index contributed by atoms with van der Waals surface area (Å²) in [4.78, 5) is 5.29. The van der Waals surface area contributed by atoms with Crippen molar-refractivity contribution < 1.29 is 13.8 Å². The van der Waals surface area contributed by atoms with Crippen LogP contribution in [0.3, 0.4) is 0 Å². The van der Waals surface area contributed by atoms with Crippen LogP contribution >= 0.6 is 23.4 Å². The fraction of sp³-hybridized carbons (Fsp3) is 0.385. The zero-order valence-corrected chi connectivity index (χ0v) is 12.5. The number of halogens is 2. The lowest BCUT2D eigenvalue weighted by Gasteiger charge is -2.12.